The van der Waals surface area contributed by atoms with Crippen LogP contribution in [-0.2, 0) is 4.74 Å². The molecule has 0 saturated heterocycles. The first-order chi connectivity index (χ1) is 9.59. The summed E-state index contributed by atoms with van der Waals surface area (Å²) in [6.45, 7) is 0.424. The maximum absolute atomic E-state index is 10.9. The molecule has 0 spiro atoms. The molecule has 2 aromatic rings. The molecule has 104 valence electrons. The summed E-state index contributed by atoms with van der Waals surface area (Å²) in [5.41, 5.74) is 5.94. The SMILES string of the molecule is NC(=O)OCCNc1ccc([N+](=O)[O-])c2cccnc12. The summed E-state index contributed by atoms with van der Waals surface area (Å²) in [4.78, 5) is 25.1. The van der Waals surface area contributed by atoms with Gasteiger partial charge in [0, 0.05) is 18.8 Å². The van der Waals surface area contributed by atoms with Crippen molar-refractivity contribution in [3.63, 3.8) is 0 Å². The molecule has 20 heavy (non-hydrogen) atoms. The van der Waals surface area contributed by atoms with Crippen LogP contribution in [0, 0.1) is 10.1 Å². The Hall–Kier alpha value is -2.90. The number of rotatable bonds is 5. The first-order valence-electron chi connectivity index (χ1n) is 5.78. The van der Waals surface area contributed by atoms with Crippen molar-refractivity contribution in [2.45, 2.75) is 0 Å². The highest BCUT2D eigenvalue weighted by molar-refractivity contribution is 5.96. The number of non-ortho nitro benzene ring substituents is 1. The van der Waals surface area contributed by atoms with Gasteiger partial charge in [0.15, 0.2) is 0 Å². The van der Waals surface area contributed by atoms with Crippen LogP contribution in [0.3, 0.4) is 0 Å². The average molecular weight is 276 g/mol. The van der Waals surface area contributed by atoms with Gasteiger partial charge in [-0.15, -0.1) is 0 Å². The fraction of sp³-hybridized carbons (Fsp3) is 0.167. The molecule has 1 heterocycles. The topological polar surface area (TPSA) is 120 Å². The molecular formula is C12H12N4O4. The van der Waals surface area contributed by atoms with Crippen molar-refractivity contribution in [1.82, 2.24) is 4.98 Å². The second kappa shape index (κ2) is 5.83. The summed E-state index contributed by atoms with van der Waals surface area (Å²) < 4.78 is 4.59. The van der Waals surface area contributed by atoms with Crippen LogP contribution in [0.4, 0.5) is 16.2 Å². The molecule has 2 rings (SSSR count). The zero-order valence-corrected chi connectivity index (χ0v) is 10.4. The first-order valence-corrected chi connectivity index (χ1v) is 5.78. The van der Waals surface area contributed by atoms with E-state index in [1.54, 1.807) is 24.4 Å². The molecule has 8 nitrogen and oxygen atoms in total. The van der Waals surface area contributed by atoms with E-state index < -0.39 is 11.0 Å². The van der Waals surface area contributed by atoms with Gasteiger partial charge in [0.25, 0.3) is 5.69 Å². The quantitative estimate of drug-likeness (QED) is 0.486. The number of nitro groups is 1. The maximum atomic E-state index is 10.9. The molecule has 1 aromatic heterocycles. The Morgan fingerprint density at radius 1 is 1.45 bits per heavy atom. The zero-order chi connectivity index (χ0) is 14.5. The predicted molar refractivity (Wildman–Crippen MR) is 72.4 cm³/mol. The molecule has 3 N–H and O–H groups in total. The van der Waals surface area contributed by atoms with E-state index in [0.717, 1.165) is 0 Å². The molecule has 0 radical (unpaired) electrons. The minimum absolute atomic E-state index is 0.00737. The smallest absolute Gasteiger partial charge is 0.404 e. The number of pyridine rings is 1. The van der Waals surface area contributed by atoms with Crippen molar-refractivity contribution in [2.75, 3.05) is 18.5 Å². The lowest BCUT2D eigenvalue weighted by molar-refractivity contribution is -0.383. The normalized spacial score (nSPS) is 10.2. The number of nitrogens with zero attached hydrogens (tertiary/aromatic N) is 2. The lowest BCUT2D eigenvalue weighted by atomic mass is 10.1. The van der Waals surface area contributed by atoms with Gasteiger partial charge < -0.3 is 15.8 Å². The summed E-state index contributed by atoms with van der Waals surface area (Å²) in [7, 11) is 0. The standard InChI is InChI=1S/C12H12N4O4/c13-12(17)20-7-6-14-9-3-4-10(16(18)19)8-2-1-5-15-11(8)9/h1-5,14H,6-7H2,(H2,13,17). The van der Waals surface area contributed by atoms with E-state index in [1.807, 2.05) is 0 Å². The number of nitrogens with one attached hydrogen (secondary N) is 1. The predicted octanol–water partition coefficient (Wildman–Crippen LogP) is 1.65. The van der Waals surface area contributed by atoms with E-state index in [-0.39, 0.29) is 12.3 Å². The summed E-state index contributed by atoms with van der Waals surface area (Å²) in [5.74, 6) is 0. The highest BCUT2D eigenvalue weighted by Gasteiger charge is 2.14. The number of benzene rings is 1. The number of carbonyl (C=O) groups excluding carboxylic acids is 1. The van der Waals surface area contributed by atoms with E-state index in [2.05, 4.69) is 15.0 Å². The van der Waals surface area contributed by atoms with Crippen LogP contribution in [-0.4, -0.2) is 29.2 Å². The number of ether oxygens (including phenoxy) is 1. The van der Waals surface area contributed by atoms with Gasteiger partial charge >= 0.3 is 6.09 Å². The highest BCUT2D eigenvalue weighted by Crippen LogP contribution is 2.29. The van der Waals surface area contributed by atoms with Crippen LogP contribution >= 0.6 is 0 Å². The Morgan fingerprint density at radius 3 is 2.95 bits per heavy atom. The molecule has 0 aliphatic heterocycles. The van der Waals surface area contributed by atoms with Crippen LogP contribution < -0.4 is 11.1 Å². The highest BCUT2D eigenvalue weighted by atomic mass is 16.6. The lowest BCUT2D eigenvalue weighted by Crippen LogP contribution is -2.18. The van der Waals surface area contributed by atoms with Gasteiger partial charge in [0.2, 0.25) is 0 Å². The molecule has 1 amide bonds. The minimum atomic E-state index is -0.849. The van der Waals surface area contributed by atoms with Gasteiger partial charge in [-0.25, -0.2) is 4.79 Å². The second-order valence-electron chi connectivity index (χ2n) is 3.88. The Morgan fingerprint density at radius 2 is 2.25 bits per heavy atom. The number of carbonyl (C=O) groups is 1. The van der Waals surface area contributed by atoms with Crippen molar-refractivity contribution in [1.29, 1.82) is 0 Å². The Bertz CT molecular complexity index is 659. The van der Waals surface area contributed by atoms with Gasteiger partial charge in [-0.1, -0.05) is 0 Å². The number of nitrogens with two attached hydrogens (primary N) is 1. The van der Waals surface area contributed by atoms with Crippen molar-refractivity contribution in [3.05, 3.63) is 40.6 Å². The third-order valence-corrected chi connectivity index (χ3v) is 2.61. The number of primary amides is 1. The van der Waals surface area contributed by atoms with Crippen LogP contribution in [0.5, 0.6) is 0 Å². The van der Waals surface area contributed by atoms with E-state index in [1.165, 1.54) is 6.07 Å². The van der Waals surface area contributed by atoms with Gasteiger partial charge in [0.1, 0.15) is 12.1 Å². The van der Waals surface area contributed by atoms with Crippen LogP contribution in [0.15, 0.2) is 30.5 Å². The van der Waals surface area contributed by atoms with Crippen LogP contribution in [0.25, 0.3) is 10.9 Å². The molecule has 0 fully saturated rings. The molecule has 0 bridgehead atoms. The summed E-state index contributed by atoms with van der Waals surface area (Å²) in [6, 6.07) is 6.24. The number of hydrogen-bond acceptors (Lipinski definition) is 6. The van der Waals surface area contributed by atoms with Gasteiger partial charge in [-0.2, -0.15) is 0 Å². The molecule has 0 atom stereocenters. The fourth-order valence-corrected chi connectivity index (χ4v) is 1.80. The third kappa shape index (κ3) is 2.91. The first kappa shape index (κ1) is 13.5. The number of aromatic nitrogens is 1. The van der Waals surface area contributed by atoms with Gasteiger partial charge in [-0.3, -0.25) is 15.1 Å². The Balaban J connectivity index is 2.24. The fourth-order valence-electron chi connectivity index (χ4n) is 1.80. The average Bonchev–Trinajstić information content (AvgIpc) is 2.43. The molecule has 0 aliphatic carbocycles. The molecule has 0 saturated carbocycles. The summed E-state index contributed by atoms with van der Waals surface area (Å²) in [5, 5.41) is 14.4. The van der Waals surface area contributed by atoms with E-state index in [9.17, 15) is 14.9 Å². The van der Waals surface area contributed by atoms with E-state index in [0.29, 0.717) is 23.1 Å². The summed E-state index contributed by atoms with van der Waals surface area (Å²) in [6.07, 6.45) is 0.704. The molecular weight excluding hydrogens is 264 g/mol. The van der Waals surface area contributed by atoms with Crippen LogP contribution in [0.1, 0.15) is 0 Å². The minimum Gasteiger partial charge on any atom is -0.448 e. The molecule has 0 aliphatic rings. The number of fused-ring (bicyclic) bond motifs is 1. The maximum Gasteiger partial charge on any atom is 0.404 e. The van der Waals surface area contributed by atoms with Crippen molar-refractivity contribution in [2.24, 2.45) is 5.73 Å². The van der Waals surface area contributed by atoms with E-state index in [4.69, 9.17) is 5.73 Å². The number of amides is 1. The lowest BCUT2D eigenvalue weighted by Gasteiger charge is -2.09. The van der Waals surface area contributed by atoms with Gasteiger partial charge in [0.05, 0.1) is 16.0 Å². The number of anilines is 1. The number of hydrogen-bond donors (Lipinski definition) is 2. The van der Waals surface area contributed by atoms with Gasteiger partial charge in [-0.05, 0) is 18.2 Å². The second-order valence-corrected chi connectivity index (χ2v) is 3.88. The van der Waals surface area contributed by atoms with Crippen molar-refractivity contribution in [3.8, 4) is 0 Å². The Labute approximate surface area is 113 Å². The van der Waals surface area contributed by atoms with E-state index >= 15 is 0 Å². The molecule has 1 aromatic carbocycles. The summed E-state index contributed by atoms with van der Waals surface area (Å²) >= 11 is 0. The van der Waals surface area contributed by atoms with Crippen LogP contribution in [0.2, 0.25) is 0 Å². The number of nitro benzene ring substituents is 1. The third-order valence-electron chi connectivity index (χ3n) is 2.61. The zero-order valence-electron chi connectivity index (χ0n) is 10.4. The van der Waals surface area contributed by atoms with Crippen molar-refractivity contribution < 1.29 is 14.5 Å². The monoisotopic (exact) mass is 276 g/mol. The molecule has 8 heteroatoms. The van der Waals surface area contributed by atoms with Crippen molar-refractivity contribution >= 4 is 28.4 Å². The Kier molecular flexibility index (Phi) is 3.94. The molecule has 0 unspecified atom stereocenters. The largest absolute Gasteiger partial charge is 0.448 e.